The number of hydrogen-bond acceptors (Lipinski definition) is 4. The monoisotopic (exact) mass is 490 g/mol. The van der Waals surface area contributed by atoms with Gasteiger partial charge in [-0.2, -0.15) is 0 Å². The molecule has 0 spiro atoms. The van der Waals surface area contributed by atoms with E-state index in [2.05, 4.69) is 44.3 Å². The summed E-state index contributed by atoms with van der Waals surface area (Å²) in [6.07, 6.45) is 2.77. The van der Waals surface area contributed by atoms with Crippen molar-refractivity contribution >= 4 is 29.3 Å². The molecule has 0 aliphatic heterocycles. The highest BCUT2D eigenvalue weighted by Crippen LogP contribution is 2.26. The fourth-order valence-electron chi connectivity index (χ4n) is 3.64. The Labute approximate surface area is 209 Å². The van der Waals surface area contributed by atoms with Crippen LogP contribution in [0.3, 0.4) is 0 Å². The van der Waals surface area contributed by atoms with Gasteiger partial charge in [-0.05, 0) is 42.2 Å². The van der Waals surface area contributed by atoms with Crippen molar-refractivity contribution in [2.75, 3.05) is 12.3 Å². The van der Waals surface area contributed by atoms with Crippen molar-refractivity contribution < 1.29 is 4.79 Å². The molecule has 7 heteroatoms. The van der Waals surface area contributed by atoms with E-state index in [0.717, 1.165) is 35.3 Å². The van der Waals surface area contributed by atoms with Crippen LogP contribution in [0.15, 0.2) is 90.1 Å². The Morgan fingerprint density at radius 3 is 2.38 bits per heavy atom. The minimum atomic E-state index is 0.0811. The first-order valence-corrected chi connectivity index (χ1v) is 12.7. The predicted octanol–water partition coefficient (Wildman–Crippen LogP) is 5.74. The van der Waals surface area contributed by atoms with Crippen LogP contribution in [0.5, 0.6) is 0 Å². The first kappa shape index (κ1) is 24.0. The fraction of sp³-hybridized carbons (Fsp3) is 0.222. The van der Waals surface area contributed by atoms with Gasteiger partial charge in [0.2, 0.25) is 5.91 Å². The average molecular weight is 491 g/mol. The van der Waals surface area contributed by atoms with E-state index in [1.54, 1.807) is 11.8 Å². The van der Waals surface area contributed by atoms with Crippen LogP contribution in [0.4, 0.5) is 0 Å². The van der Waals surface area contributed by atoms with Gasteiger partial charge in [-0.25, -0.2) is 0 Å². The van der Waals surface area contributed by atoms with Crippen molar-refractivity contribution in [3.8, 4) is 5.69 Å². The highest BCUT2D eigenvalue weighted by molar-refractivity contribution is 7.99. The number of hydrogen-bond donors (Lipinski definition) is 1. The molecule has 1 heterocycles. The van der Waals surface area contributed by atoms with Gasteiger partial charge in [0.15, 0.2) is 5.16 Å². The van der Waals surface area contributed by atoms with Gasteiger partial charge in [0.05, 0.1) is 5.69 Å². The van der Waals surface area contributed by atoms with Gasteiger partial charge >= 0.3 is 0 Å². The number of aromatic nitrogens is 3. The van der Waals surface area contributed by atoms with E-state index in [9.17, 15) is 4.79 Å². The van der Waals surface area contributed by atoms with Crippen molar-refractivity contribution in [1.82, 2.24) is 20.1 Å². The molecule has 0 fully saturated rings. The topological polar surface area (TPSA) is 59.8 Å². The fourth-order valence-corrected chi connectivity index (χ4v) is 4.73. The summed E-state index contributed by atoms with van der Waals surface area (Å²) < 4.78 is 2.06. The summed E-state index contributed by atoms with van der Waals surface area (Å²) in [6, 6.07) is 28.1. The minimum absolute atomic E-state index is 0.0811. The molecule has 0 saturated heterocycles. The second-order valence-corrected chi connectivity index (χ2v) is 9.41. The number of thioether (sulfide) groups is 1. The SMILES string of the molecule is O=C(CCCSc1nnc(Cc2ccccc2)n1-c1cccc(Cl)c1)NCCc1ccccc1. The molecule has 0 radical (unpaired) electrons. The Kier molecular flexibility index (Phi) is 8.77. The third-order valence-corrected chi connectivity index (χ3v) is 6.58. The molecule has 0 aliphatic rings. The summed E-state index contributed by atoms with van der Waals surface area (Å²) in [4.78, 5) is 12.2. The number of amides is 1. The van der Waals surface area contributed by atoms with E-state index in [4.69, 9.17) is 11.6 Å². The standard InChI is InChI=1S/C27H27ClN4OS/c28-23-13-7-14-24(20-23)32-25(19-22-11-5-2-6-12-22)30-31-27(32)34-18-8-15-26(33)29-17-16-21-9-3-1-4-10-21/h1-7,9-14,20H,8,15-19H2,(H,29,33). The molecule has 4 rings (SSSR count). The molecule has 0 atom stereocenters. The van der Waals surface area contributed by atoms with Crippen molar-refractivity contribution in [3.05, 3.63) is 107 Å². The zero-order chi connectivity index (χ0) is 23.6. The molecule has 0 bridgehead atoms. The largest absolute Gasteiger partial charge is 0.356 e. The second-order valence-electron chi connectivity index (χ2n) is 7.91. The maximum atomic E-state index is 12.2. The number of carbonyl (C=O) groups is 1. The Balaban J connectivity index is 1.33. The van der Waals surface area contributed by atoms with Gasteiger partial charge < -0.3 is 5.32 Å². The average Bonchev–Trinajstić information content (AvgIpc) is 3.25. The molecular formula is C27H27ClN4OS. The summed E-state index contributed by atoms with van der Waals surface area (Å²) >= 11 is 7.87. The van der Waals surface area contributed by atoms with Crippen LogP contribution in [-0.2, 0) is 17.6 Å². The Hall–Kier alpha value is -3.09. The summed E-state index contributed by atoms with van der Waals surface area (Å²) in [5.74, 6) is 1.71. The molecule has 34 heavy (non-hydrogen) atoms. The molecule has 0 aliphatic carbocycles. The first-order chi connectivity index (χ1) is 16.7. The highest BCUT2D eigenvalue weighted by atomic mass is 35.5. The molecule has 3 aromatic carbocycles. The number of rotatable bonds is 11. The highest BCUT2D eigenvalue weighted by Gasteiger charge is 2.15. The zero-order valence-corrected chi connectivity index (χ0v) is 20.4. The smallest absolute Gasteiger partial charge is 0.220 e. The lowest BCUT2D eigenvalue weighted by Gasteiger charge is -2.11. The molecule has 1 N–H and O–H groups in total. The molecule has 0 unspecified atom stereocenters. The normalized spacial score (nSPS) is 10.9. The maximum Gasteiger partial charge on any atom is 0.220 e. The van der Waals surface area contributed by atoms with Crippen LogP contribution < -0.4 is 5.32 Å². The van der Waals surface area contributed by atoms with E-state index in [0.29, 0.717) is 24.4 Å². The quantitative estimate of drug-likeness (QED) is 0.215. The van der Waals surface area contributed by atoms with Gasteiger partial charge in [0.1, 0.15) is 5.82 Å². The minimum Gasteiger partial charge on any atom is -0.356 e. The van der Waals surface area contributed by atoms with Gasteiger partial charge in [-0.1, -0.05) is 90.1 Å². The molecule has 4 aromatic rings. The van der Waals surface area contributed by atoms with Crippen molar-refractivity contribution in [2.45, 2.75) is 30.8 Å². The lowest BCUT2D eigenvalue weighted by atomic mass is 10.1. The lowest BCUT2D eigenvalue weighted by molar-refractivity contribution is -0.121. The molecular weight excluding hydrogens is 464 g/mol. The van der Waals surface area contributed by atoms with E-state index in [1.807, 2.05) is 60.7 Å². The molecule has 5 nitrogen and oxygen atoms in total. The second kappa shape index (κ2) is 12.4. The Morgan fingerprint density at radius 2 is 1.65 bits per heavy atom. The summed E-state index contributed by atoms with van der Waals surface area (Å²) in [7, 11) is 0. The van der Waals surface area contributed by atoms with Crippen LogP contribution in [0.2, 0.25) is 5.02 Å². The van der Waals surface area contributed by atoms with Gasteiger partial charge in [-0.3, -0.25) is 9.36 Å². The van der Waals surface area contributed by atoms with Crippen LogP contribution in [0.25, 0.3) is 5.69 Å². The van der Waals surface area contributed by atoms with Crippen molar-refractivity contribution in [1.29, 1.82) is 0 Å². The molecule has 174 valence electrons. The lowest BCUT2D eigenvalue weighted by Crippen LogP contribution is -2.25. The van der Waals surface area contributed by atoms with Crippen LogP contribution in [0.1, 0.15) is 29.8 Å². The van der Waals surface area contributed by atoms with Gasteiger partial charge in [0.25, 0.3) is 0 Å². The number of halogens is 1. The molecule has 1 amide bonds. The van der Waals surface area contributed by atoms with E-state index in [1.165, 1.54) is 11.1 Å². The number of carbonyl (C=O) groups excluding carboxylic acids is 1. The van der Waals surface area contributed by atoms with Crippen LogP contribution >= 0.6 is 23.4 Å². The van der Waals surface area contributed by atoms with Crippen molar-refractivity contribution in [3.63, 3.8) is 0 Å². The van der Waals surface area contributed by atoms with Crippen LogP contribution in [0, 0.1) is 0 Å². The van der Waals surface area contributed by atoms with Crippen LogP contribution in [-0.4, -0.2) is 33.0 Å². The molecule has 0 saturated carbocycles. The molecule has 1 aromatic heterocycles. The zero-order valence-electron chi connectivity index (χ0n) is 18.9. The van der Waals surface area contributed by atoms with Crippen molar-refractivity contribution in [2.24, 2.45) is 0 Å². The number of benzene rings is 3. The van der Waals surface area contributed by atoms with E-state index >= 15 is 0 Å². The maximum absolute atomic E-state index is 12.2. The Morgan fingerprint density at radius 1 is 0.912 bits per heavy atom. The summed E-state index contributed by atoms with van der Waals surface area (Å²) in [5.41, 5.74) is 3.33. The third-order valence-electron chi connectivity index (χ3n) is 5.33. The Bertz CT molecular complexity index is 1200. The first-order valence-electron chi connectivity index (χ1n) is 11.4. The third kappa shape index (κ3) is 6.95. The number of nitrogens with one attached hydrogen (secondary N) is 1. The van der Waals surface area contributed by atoms with E-state index in [-0.39, 0.29) is 5.91 Å². The van der Waals surface area contributed by atoms with Gasteiger partial charge in [-0.15, -0.1) is 10.2 Å². The van der Waals surface area contributed by atoms with Gasteiger partial charge in [0, 0.05) is 30.2 Å². The van der Waals surface area contributed by atoms with E-state index < -0.39 is 0 Å². The summed E-state index contributed by atoms with van der Waals surface area (Å²) in [5, 5.41) is 13.4. The summed E-state index contributed by atoms with van der Waals surface area (Å²) in [6.45, 7) is 0.655. The predicted molar refractivity (Wildman–Crippen MR) is 139 cm³/mol. The number of nitrogens with zero attached hydrogens (tertiary/aromatic N) is 3.